The quantitative estimate of drug-likeness (QED) is 0.364. The van der Waals surface area contributed by atoms with Crippen molar-refractivity contribution in [3.63, 3.8) is 0 Å². The van der Waals surface area contributed by atoms with Crippen molar-refractivity contribution in [1.29, 1.82) is 0 Å². The maximum Gasteiger partial charge on any atom is 0.326 e. The number of rotatable bonds is 7. The molecule has 0 bridgehead atoms. The van der Waals surface area contributed by atoms with Crippen molar-refractivity contribution in [3.05, 3.63) is 64.7 Å². The lowest BCUT2D eigenvalue weighted by Crippen LogP contribution is -2.46. The van der Waals surface area contributed by atoms with E-state index in [2.05, 4.69) is 5.43 Å². The van der Waals surface area contributed by atoms with Crippen LogP contribution in [0.2, 0.25) is 5.02 Å². The molecule has 11 heteroatoms. The molecule has 0 fully saturated rings. The first-order valence-electron chi connectivity index (χ1n) is 8.92. The lowest BCUT2D eigenvalue weighted by atomic mass is 10.1. The van der Waals surface area contributed by atoms with Crippen molar-refractivity contribution >= 4 is 41.2 Å². The van der Waals surface area contributed by atoms with Gasteiger partial charge in [0.15, 0.2) is 13.2 Å². The van der Waals surface area contributed by atoms with Crippen LogP contribution in [0.3, 0.4) is 0 Å². The Balaban J connectivity index is 1.36. The Kier molecular flexibility index (Phi) is 6.83. The molecular formula is C20H16ClN3O7. The summed E-state index contributed by atoms with van der Waals surface area (Å²) in [4.78, 5) is 60.4. The molecule has 31 heavy (non-hydrogen) atoms. The molecule has 1 heterocycles. The summed E-state index contributed by atoms with van der Waals surface area (Å²) in [6, 6.07) is 12.5. The number of esters is 1. The number of hydrogen-bond acceptors (Lipinski definition) is 7. The second-order valence-electron chi connectivity index (χ2n) is 6.24. The fourth-order valence-corrected chi connectivity index (χ4v) is 2.72. The minimum absolute atomic E-state index is 0.196. The molecule has 3 rings (SSSR count). The van der Waals surface area contributed by atoms with Gasteiger partial charge in [0.25, 0.3) is 23.6 Å². The first-order chi connectivity index (χ1) is 14.8. The van der Waals surface area contributed by atoms with Crippen LogP contribution in [0.25, 0.3) is 0 Å². The van der Waals surface area contributed by atoms with Crippen LogP contribution in [0.1, 0.15) is 20.7 Å². The van der Waals surface area contributed by atoms with Crippen molar-refractivity contribution in [3.8, 4) is 5.75 Å². The summed E-state index contributed by atoms with van der Waals surface area (Å²) < 4.78 is 9.94. The van der Waals surface area contributed by atoms with Gasteiger partial charge in [-0.25, -0.2) is 0 Å². The summed E-state index contributed by atoms with van der Waals surface area (Å²) in [5.74, 6) is -3.25. The van der Waals surface area contributed by atoms with E-state index in [1.807, 2.05) is 5.43 Å². The highest BCUT2D eigenvalue weighted by molar-refractivity contribution is 6.30. The maximum absolute atomic E-state index is 12.2. The molecular weight excluding hydrogens is 430 g/mol. The van der Waals surface area contributed by atoms with Crippen molar-refractivity contribution in [2.75, 3.05) is 19.8 Å². The minimum atomic E-state index is -0.956. The van der Waals surface area contributed by atoms with Gasteiger partial charge in [-0.3, -0.25) is 39.7 Å². The van der Waals surface area contributed by atoms with E-state index in [1.54, 1.807) is 36.4 Å². The number of benzene rings is 2. The Labute approximate surface area is 181 Å². The Bertz CT molecular complexity index is 1000. The van der Waals surface area contributed by atoms with Gasteiger partial charge in [-0.2, -0.15) is 0 Å². The summed E-state index contributed by atoms with van der Waals surface area (Å²) in [7, 11) is 0. The molecule has 0 saturated heterocycles. The summed E-state index contributed by atoms with van der Waals surface area (Å²) in [6.07, 6.45) is 0. The number of fused-ring (bicyclic) bond motifs is 1. The van der Waals surface area contributed by atoms with Crippen LogP contribution in [0, 0.1) is 0 Å². The van der Waals surface area contributed by atoms with Crippen LogP contribution in [-0.2, 0) is 19.1 Å². The topological polar surface area (TPSA) is 131 Å². The van der Waals surface area contributed by atoms with Crippen LogP contribution in [0.5, 0.6) is 5.75 Å². The Morgan fingerprint density at radius 1 is 0.839 bits per heavy atom. The predicted molar refractivity (Wildman–Crippen MR) is 106 cm³/mol. The second-order valence-corrected chi connectivity index (χ2v) is 6.68. The zero-order valence-electron chi connectivity index (χ0n) is 15.9. The number of hydrazine groups is 1. The smallest absolute Gasteiger partial charge is 0.326 e. The van der Waals surface area contributed by atoms with Gasteiger partial charge in [-0.15, -0.1) is 0 Å². The number of amides is 4. The highest BCUT2D eigenvalue weighted by Gasteiger charge is 2.36. The number of hydrogen-bond donors (Lipinski definition) is 2. The summed E-state index contributed by atoms with van der Waals surface area (Å²) in [5.41, 5.74) is 4.52. The number of nitrogens with zero attached hydrogens (tertiary/aromatic N) is 1. The third-order valence-electron chi connectivity index (χ3n) is 4.05. The highest BCUT2D eigenvalue weighted by atomic mass is 35.5. The van der Waals surface area contributed by atoms with E-state index in [0.717, 1.165) is 4.90 Å². The second kappa shape index (κ2) is 9.72. The van der Waals surface area contributed by atoms with Gasteiger partial charge >= 0.3 is 5.97 Å². The fourth-order valence-electron chi connectivity index (χ4n) is 2.59. The van der Waals surface area contributed by atoms with E-state index < -0.39 is 42.7 Å². The van der Waals surface area contributed by atoms with E-state index in [4.69, 9.17) is 21.1 Å². The summed E-state index contributed by atoms with van der Waals surface area (Å²) >= 11 is 5.74. The van der Waals surface area contributed by atoms with Crippen LogP contribution in [-0.4, -0.2) is 54.3 Å². The third-order valence-corrected chi connectivity index (χ3v) is 4.31. The number of carbonyl (C=O) groups is 5. The molecule has 0 radical (unpaired) electrons. The normalized spacial score (nSPS) is 12.2. The van der Waals surface area contributed by atoms with Gasteiger partial charge in [-0.1, -0.05) is 23.7 Å². The van der Waals surface area contributed by atoms with Crippen LogP contribution in [0.4, 0.5) is 0 Å². The van der Waals surface area contributed by atoms with Crippen molar-refractivity contribution in [1.82, 2.24) is 15.8 Å². The van der Waals surface area contributed by atoms with E-state index in [1.165, 1.54) is 12.1 Å². The zero-order chi connectivity index (χ0) is 22.4. The van der Waals surface area contributed by atoms with Gasteiger partial charge in [0.1, 0.15) is 12.3 Å². The largest absolute Gasteiger partial charge is 0.484 e. The lowest BCUT2D eigenvalue weighted by molar-refractivity contribution is -0.149. The lowest BCUT2D eigenvalue weighted by Gasteiger charge is -2.13. The van der Waals surface area contributed by atoms with Crippen LogP contribution >= 0.6 is 11.6 Å². The number of imide groups is 1. The molecule has 0 unspecified atom stereocenters. The standard InChI is InChI=1S/C20H16ClN3O7/c21-12-5-7-13(8-6-12)30-10-16(25)22-23-17(26)11-31-18(27)9-24-19(28)14-3-1-2-4-15(14)20(24)29/h1-8H,9-11H2,(H,22,25)(H,23,26). The summed E-state index contributed by atoms with van der Waals surface area (Å²) in [5, 5.41) is 0.515. The van der Waals surface area contributed by atoms with Gasteiger partial charge < -0.3 is 9.47 Å². The first-order valence-corrected chi connectivity index (χ1v) is 9.30. The Morgan fingerprint density at radius 3 is 1.97 bits per heavy atom. The van der Waals surface area contributed by atoms with E-state index >= 15 is 0 Å². The van der Waals surface area contributed by atoms with E-state index in [9.17, 15) is 24.0 Å². The molecule has 2 aromatic carbocycles. The van der Waals surface area contributed by atoms with Gasteiger partial charge in [-0.05, 0) is 36.4 Å². The molecule has 4 amide bonds. The molecule has 1 aliphatic rings. The first kappa shape index (κ1) is 21.8. The molecule has 10 nitrogen and oxygen atoms in total. The number of carbonyl (C=O) groups excluding carboxylic acids is 5. The van der Waals surface area contributed by atoms with Gasteiger partial charge in [0.2, 0.25) is 0 Å². The summed E-state index contributed by atoms with van der Waals surface area (Å²) in [6.45, 7) is -1.73. The monoisotopic (exact) mass is 445 g/mol. The molecule has 0 saturated carbocycles. The third kappa shape index (κ3) is 5.58. The van der Waals surface area contributed by atoms with Crippen molar-refractivity contribution < 1.29 is 33.4 Å². The Hall–Kier alpha value is -3.92. The molecule has 0 atom stereocenters. The molecule has 0 aromatic heterocycles. The predicted octanol–water partition coefficient (Wildman–Crippen LogP) is 0.706. The number of nitrogens with one attached hydrogen (secondary N) is 2. The number of ether oxygens (including phenoxy) is 2. The van der Waals surface area contributed by atoms with E-state index in [0.29, 0.717) is 10.8 Å². The molecule has 2 N–H and O–H groups in total. The Morgan fingerprint density at radius 2 is 1.39 bits per heavy atom. The van der Waals surface area contributed by atoms with Crippen LogP contribution in [0.15, 0.2) is 48.5 Å². The zero-order valence-corrected chi connectivity index (χ0v) is 16.7. The molecule has 2 aromatic rings. The van der Waals surface area contributed by atoms with Gasteiger partial charge in [0, 0.05) is 5.02 Å². The molecule has 0 spiro atoms. The van der Waals surface area contributed by atoms with Crippen molar-refractivity contribution in [2.45, 2.75) is 0 Å². The molecule has 160 valence electrons. The minimum Gasteiger partial charge on any atom is -0.484 e. The molecule has 1 aliphatic heterocycles. The van der Waals surface area contributed by atoms with Crippen molar-refractivity contribution in [2.24, 2.45) is 0 Å². The average Bonchev–Trinajstić information content (AvgIpc) is 3.01. The molecule has 0 aliphatic carbocycles. The highest BCUT2D eigenvalue weighted by Crippen LogP contribution is 2.22. The van der Waals surface area contributed by atoms with E-state index in [-0.39, 0.29) is 17.7 Å². The fraction of sp³-hybridized carbons (Fsp3) is 0.150. The van der Waals surface area contributed by atoms with Gasteiger partial charge in [0.05, 0.1) is 11.1 Å². The SMILES string of the molecule is O=C(COC(=O)CN1C(=O)c2ccccc2C1=O)NNC(=O)COc1ccc(Cl)cc1. The average molecular weight is 446 g/mol. The number of halogens is 1. The van der Waals surface area contributed by atoms with Crippen LogP contribution < -0.4 is 15.6 Å². The maximum atomic E-state index is 12.2.